The summed E-state index contributed by atoms with van der Waals surface area (Å²) in [6.07, 6.45) is 16.7. The third-order valence-corrected chi connectivity index (χ3v) is 8.06. The topological polar surface area (TPSA) is 23.8 Å². The van der Waals surface area contributed by atoms with Gasteiger partial charge in [0.15, 0.2) is 0 Å². The Morgan fingerprint density at radius 2 is 1.53 bits per heavy atom. The van der Waals surface area contributed by atoms with Gasteiger partial charge in [0, 0.05) is 11.5 Å². The number of allylic oxidation sites excluding steroid dienone is 2. The first-order valence-corrected chi connectivity index (χ1v) is 12.2. The lowest BCUT2D eigenvalue weighted by atomic mass is 9.68. The first-order chi connectivity index (χ1) is 14.6. The van der Waals surface area contributed by atoms with Crippen molar-refractivity contribution in [2.24, 2.45) is 23.7 Å². The molecule has 1 nitrogen and oxygen atoms in total. The minimum atomic E-state index is -0.710. The molecule has 4 rings (SSSR count). The van der Waals surface area contributed by atoms with Crippen LogP contribution in [0.1, 0.15) is 76.2 Å². The SMILES string of the molecule is N#CSc1c(F)cc(C#CC2CCC(C3CCC(C4=CCCC4)CC3)CC2)cc1F. The van der Waals surface area contributed by atoms with E-state index in [1.54, 1.807) is 11.0 Å². The molecule has 158 valence electrons. The van der Waals surface area contributed by atoms with E-state index in [-0.39, 0.29) is 4.90 Å². The van der Waals surface area contributed by atoms with Gasteiger partial charge in [-0.1, -0.05) is 23.5 Å². The molecule has 0 radical (unpaired) electrons. The number of hydrogen-bond acceptors (Lipinski definition) is 2. The molecule has 2 fully saturated rings. The van der Waals surface area contributed by atoms with Crippen LogP contribution in [0.4, 0.5) is 8.78 Å². The van der Waals surface area contributed by atoms with E-state index in [1.165, 1.54) is 69.9 Å². The fourth-order valence-corrected chi connectivity index (χ4v) is 6.13. The Kier molecular flexibility index (Phi) is 7.16. The average molecular weight is 426 g/mol. The van der Waals surface area contributed by atoms with E-state index in [0.29, 0.717) is 23.2 Å². The maximum Gasteiger partial charge on any atom is 0.142 e. The molecule has 0 atom stereocenters. The molecule has 1 aromatic rings. The highest BCUT2D eigenvalue weighted by Crippen LogP contribution is 2.44. The van der Waals surface area contributed by atoms with E-state index in [2.05, 4.69) is 17.9 Å². The third kappa shape index (κ3) is 5.09. The van der Waals surface area contributed by atoms with Crippen molar-refractivity contribution >= 4 is 11.8 Å². The number of hydrogen-bond donors (Lipinski definition) is 0. The van der Waals surface area contributed by atoms with Crippen LogP contribution < -0.4 is 0 Å². The molecule has 30 heavy (non-hydrogen) atoms. The third-order valence-electron chi connectivity index (χ3n) is 7.38. The van der Waals surface area contributed by atoms with Gasteiger partial charge in [0.05, 0.1) is 4.90 Å². The number of nitriles is 1. The molecule has 0 spiro atoms. The zero-order valence-corrected chi connectivity index (χ0v) is 18.2. The number of nitrogens with zero attached hydrogens (tertiary/aromatic N) is 1. The molecule has 1 aromatic carbocycles. The summed E-state index contributed by atoms with van der Waals surface area (Å²) < 4.78 is 27.9. The Morgan fingerprint density at radius 3 is 2.10 bits per heavy atom. The van der Waals surface area contributed by atoms with Crippen LogP contribution in [0.2, 0.25) is 0 Å². The van der Waals surface area contributed by atoms with Crippen molar-refractivity contribution in [2.75, 3.05) is 0 Å². The summed E-state index contributed by atoms with van der Waals surface area (Å²) in [5, 5.41) is 10.4. The second-order valence-electron chi connectivity index (χ2n) is 9.13. The zero-order chi connectivity index (χ0) is 20.9. The van der Waals surface area contributed by atoms with Crippen LogP contribution in [-0.2, 0) is 0 Å². The zero-order valence-electron chi connectivity index (χ0n) is 17.4. The molecular formula is C26H29F2NS. The van der Waals surface area contributed by atoms with Gasteiger partial charge < -0.3 is 0 Å². The minimum absolute atomic E-state index is 0.248. The van der Waals surface area contributed by atoms with Gasteiger partial charge in [0.2, 0.25) is 0 Å². The van der Waals surface area contributed by atoms with E-state index in [1.807, 2.05) is 0 Å². The molecule has 0 aromatic heterocycles. The second kappa shape index (κ2) is 10.0. The van der Waals surface area contributed by atoms with Crippen molar-refractivity contribution in [3.8, 4) is 17.2 Å². The van der Waals surface area contributed by atoms with Crippen molar-refractivity contribution in [3.63, 3.8) is 0 Å². The number of halogens is 2. The number of benzene rings is 1. The first-order valence-electron chi connectivity index (χ1n) is 11.4. The summed E-state index contributed by atoms with van der Waals surface area (Å²) in [6.45, 7) is 0. The first kappa shape index (κ1) is 21.5. The molecule has 0 saturated heterocycles. The number of rotatable bonds is 3. The predicted octanol–water partition coefficient (Wildman–Crippen LogP) is 7.61. The highest BCUT2D eigenvalue weighted by molar-refractivity contribution is 8.03. The van der Waals surface area contributed by atoms with E-state index in [4.69, 9.17) is 5.26 Å². The van der Waals surface area contributed by atoms with Gasteiger partial charge in [0.1, 0.15) is 17.0 Å². The highest BCUT2D eigenvalue weighted by atomic mass is 32.2. The fraction of sp³-hybridized carbons (Fsp3) is 0.577. The van der Waals surface area contributed by atoms with Crippen LogP contribution in [0.15, 0.2) is 28.7 Å². The van der Waals surface area contributed by atoms with E-state index >= 15 is 0 Å². The van der Waals surface area contributed by atoms with Crippen molar-refractivity contribution in [1.82, 2.24) is 0 Å². The Bertz CT molecular complexity index is 865. The molecule has 3 aliphatic carbocycles. The second-order valence-corrected chi connectivity index (χ2v) is 9.92. The summed E-state index contributed by atoms with van der Waals surface area (Å²) in [5.74, 6) is 7.70. The van der Waals surface area contributed by atoms with Gasteiger partial charge >= 0.3 is 0 Å². The summed E-state index contributed by atoms with van der Waals surface area (Å²) in [5.41, 5.74) is 2.11. The maximum atomic E-state index is 14.0. The largest absolute Gasteiger partial charge is 0.206 e. The van der Waals surface area contributed by atoms with Gasteiger partial charge in [-0.2, -0.15) is 5.26 Å². The lowest BCUT2D eigenvalue weighted by Crippen LogP contribution is -2.26. The van der Waals surface area contributed by atoms with Crippen LogP contribution in [0.5, 0.6) is 0 Å². The minimum Gasteiger partial charge on any atom is -0.206 e. The Hall–Kier alpha value is -1.78. The molecular weight excluding hydrogens is 396 g/mol. The Labute approximate surface area is 183 Å². The van der Waals surface area contributed by atoms with Crippen molar-refractivity contribution in [1.29, 1.82) is 5.26 Å². The van der Waals surface area contributed by atoms with Crippen LogP contribution >= 0.6 is 11.8 Å². The molecule has 0 heterocycles. The monoisotopic (exact) mass is 425 g/mol. The number of thiocyanates is 1. The van der Waals surface area contributed by atoms with E-state index in [9.17, 15) is 8.78 Å². The summed E-state index contributed by atoms with van der Waals surface area (Å²) in [4.78, 5) is -0.248. The summed E-state index contributed by atoms with van der Waals surface area (Å²) >= 11 is 0.508. The number of thioether (sulfide) groups is 1. The smallest absolute Gasteiger partial charge is 0.142 e. The summed E-state index contributed by atoms with van der Waals surface area (Å²) in [6, 6.07) is 2.47. The molecule has 0 aliphatic heterocycles. The van der Waals surface area contributed by atoms with Crippen LogP contribution in [-0.4, -0.2) is 0 Å². The van der Waals surface area contributed by atoms with Gasteiger partial charge in [0.25, 0.3) is 0 Å². The molecule has 4 heteroatoms. The van der Waals surface area contributed by atoms with E-state index < -0.39 is 11.6 Å². The lowest BCUT2D eigenvalue weighted by Gasteiger charge is -2.37. The Morgan fingerprint density at radius 1 is 0.900 bits per heavy atom. The lowest BCUT2D eigenvalue weighted by molar-refractivity contribution is 0.165. The molecule has 3 aliphatic rings. The molecule has 2 saturated carbocycles. The molecule has 0 N–H and O–H groups in total. The standard InChI is InChI=1S/C26H29F2NS/c27-24-15-19(16-25(28)26(24)30-17-29)6-5-18-7-9-21(10-8-18)23-13-11-22(12-14-23)20-3-1-2-4-20/h3,15-16,18,21-23H,1-2,4,7-14H2. The predicted molar refractivity (Wildman–Crippen MR) is 118 cm³/mol. The quantitative estimate of drug-likeness (QED) is 0.215. The van der Waals surface area contributed by atoms with Crippen LogP contribution in [0.3, 0.4) is 0 Å². The Balaban J connectivity index is 1.27. The normalized spacial score (nSPS) is 28.9. The van der Waals surface area contributed by atoms with Gasteiger partial charge in [-0.15, -0.1) is 0 Å². The van der Waals surface area contributed by atoms with Crippen molar-refractivity contribution in [3.05, 3.63) is 41.0 Å². The molecule has 0 unspecified atom stereocenters. The molecule has 0 amide bonds. The van der Waals surface area contributed by atoms with Gasteiger partial charge in [-0.05, 0) is 112 Å². The van der Waals surface area contributed by atoms with Gasteiger partial charge in [-0.3, -0.25) is 0 Å². The van der Waals surface area contributed by atoms with Crippen molar-refractivity contribution in [2.45, 2.75) is 75.5 Å². The highest BCUT2D eigenvalue weighted by Gasteiger charge is 2.31. The molecule has 0 bridgehead atoms. The van der Waals surface area contributed by atoms with Crippen LogP contribution in [0.25, 0.3) is 0 Å². The average Bonchev–Trinajstić information content (AvgIpc) is 3.30. The van der Waals surface area contributed by atoms with E-state index in [0.717, 1.165) is 30.6 Å². The fourth-order valence-electron chi connectivity index (χ4n) is 5.72. The maximum absolute atomic E-state index is 14.0. The van der Waals surface area contributed by atoms with Crippen molar-refractivity contribution < 1.29 is 8.78 Å². The van der Waals surface area contributed by atoms with Gasteiger partial charge in [-0.25, -0.2) is 8.78 Å². The van der Waals surface area contributed by atoms with Crippen LogP contribution in [0, 0.1) is 57.8 Å². The summed E-state index contributed by atoms with van der Waals surface area (Å²) in [7, 11) is 0.